The lowest BCUT2D eigenvalue weighted by Gasteiger charge is -2.34. The van der Waals surface area contributed by atoms with Crippen molar-refractivity contribution in [1.29, 1.82) is 0 Å². The van der Waals surface area contributed by atoms with Gasteiger partial charge in [0.15, 0.2) is 0 Å². The van der Waals surface area contributed by atoms with Gasteiger partial charge in [-0.15, -0.1) is 0 Å². The number of hydrogen-bond donors (Lipinski definition) is 1. The van der Waals surface area contributed by atoms with Gasteiger partial charge in [0.05, 0.1) is 5.60 Å². The van der Waals surface area contributed by atoms with E-state index in [9.17, 15) is 0 Å². The van der Waals surface area contributed by atoms with Crippen molar-refractivity contribution < 1.29 is 4.74 Å². The lowest BCUT2D eigenvalue weighted by molar-refractivity contribution is -0.0363. The van der Waals surface area contributed by atoms with Crippen molar-refractivity contribution in [1.82, 2.24) is 5.32 Å². The third-order valence-corrected chi connectivity index (χ3v) is 3.73. The Labute approximate surface area is 120 Å². The third kappa shape index (κ3) is 4.13. The van der Waals surface area contributed by atoms with E-state index in [2.05, 4.69) is 19.2 Å². The number of hydrogen-bond acceptors (Lipinski definition) is 2. The van der Waals surface area contributed by atoms with Crippen LogP contribution in [0.3, 0.4) is 0 Å². The Morgan fingerprint density at radius 2 is 2.00 bits per heavy atom. The summed E-state index contributed by atoms with van der Waals surface area (Å²) in [6.07, 6.45) is 0.805. The first-order valence-electron chi connectivity index (χ1n) is 6.16. The number of likely N-dealkylation sites (N-methyl/N-ethyl adjacent to an activating group) is 1. The standard InChI is InChI=1S/C14H21Cl2NO/c1-5-18-14(2,3)13(17-4)8-10-6-7-11(15)9-12(10)16/h6-7,9,13,17H,5,8H2,1-4H3. The Kier molecular flexibility index (Phi) is 5.93. The molecule has 0 saturated carbocycles. The highest BCUT2D eigenvalue weighted by atomic mass is 35.5. The van der Waals surface area contributed by atoms with Crippen LogP contribution in [0.2, 0.25) is 10.0 Å². The highest BCUT2D eigenvalue weighted by Gasteiger charge is 2.29. The molecular weight excluding hydrogens is 269 g/mol. The molecule has 1 rings (SSSR count). The largest absolute Gasteiger partial charge is 0.374 e. The maximum absolute atomic E-state index is 6.20. The lowest BCUT2D eigenvalue weighted by atomic mass is 9.92. The monoisotopic (exact) mass is 289 g/mol. The van der Waals surface area contributed by atoms with Gasteiger partial charge >= 0.3 is 0 Å². The summed E-state index contributed by atoms with van der Waals surface area (Å²) in [6, 6.07) is 5.80. The summed E-state index contributed by atoms with van der Waals surface area (Å²) < 4.78 is 5.79. The fraction of sp³-hybridized carbons (Fsp3) is 0.571. The maximum atomic E-state index is 6.20. The van der Waals surface area contributed by atoms with Gasteiger partial charge in [0.1, 0.15) is 0 Å². The summed E-state index contributed by atoms with van der Waals surface area (Å²) in [5.74, 6) is 0. The maximum Gasteiger partial charge on any atom is 0.0781 e. The second-order valence-corrected chi connectivity index (χ2v) is 5.66. The number of ether oxygens (including phenoxy) is 1. The normalized spacial score (nSPS) is 13.7. The molecule has 0 aliphatic carbocycles. The zero-order valence-corrected chi connectivity index (χ0v) is 12.9. The minimum absolute atomic E-state index is 0.191. The lowest BCUT2D eigenvalue weighted by Crippen LogP contribution is -2.48. The molecule has 0 aliphatic heterocycles. The van der Waals surface area contributed by atoms with E-state index in [-0.39, 0.29) is 11.6 Å². The van der Waals surface area contributed by atoms with Crippen LogP contribution in [0.1, 0.15) is 26.3 Å². The summed E-state index contributed by atoms with van der Waals surface area (Å²) in [7, 11) is 1.94. The van der Waals surface area contributed by atoms with Crippen LogP contribution in [0.15, 0.2) is 18.2 Å². The molecule has 0 amide bonds. The first kappa shape index (κ1) is 15.8. The van der Waals surface area contributed by atoms with Crippen molar-refractivity contribution in [2.75, 3.05) is 13.7 Å². The van der Waals surface area contributed by atoms with Gasteiger partial charge in [-0.25, -0.2) is 0 Å². The molecule has 0 fully saturated rings. The summed E-state index contributed by atoms with van der Waals surface area (Å²) in [6.45, 7) is 6.87. The molecule has 18 heavy (non-hydrogen) atoms. The summed E-state index contributed by atoms with van der Waals surface area (Å²) >= 11 is 12.1. The van der Waals surface area contributed by atoms with Gasteiger partial charge in [-0.3, -0.25) is 0 Å². The van der Waals surface area contributed by atoms with Crippen LogP contribution in [0, 0.1) is 0 Å². The second kappa shape index (κ2) is 6.76. The molecule has 0 radical (unpaired) electrons. The highest BCUT2D eigenvalue weighted by molar-refractivity contribution is 6.35. The Morgan fingerprint density at radius 1 is 1.33 bits per heavy atom. The average molecular weight is 290 g/mol. The van der Waals surface area contributed by atoms with Gasteiger partial charge in [-0.2, -0.15) is 0 Å². The average Bonchev–Trinajstić information content (AvgIpc) is 2.27. The molecule has 1 aromatic rings. The molecular formula is C14H21Cl2NO. The molecule has 1 aromatic carbocycles. The molecule has 0 spiro atoms. The Balaban J connectivity index is 2.85. The van der Waals surface area contributed by atoms with Crippen molar-refractivity contribution >= 4 is 23.2 Å². The van der Waals surface area contributed by atoms with E-state index in [1.807, 2.05) is 26.1 Å². The van der Waals surface area contributed by atoms with Crippen molar-refractivity contribution in [3.8, 4) is 0 Å². The predicted molar refractivity (Wildman–Crippen MR) is 78.7 cm³/mol. The Bertz CT molecular complexity index is 393. The molecule has 1 unspecified atom stereocenters. The smallest absolute Gasteiger partial charge is 0.0781 e. The van der Waals surface area contributed by atoms with E-state index in [1.54, 1.807) is 6.07 Å². The fourth-order valence-corrected chi connectivity index (χ4v) is 2.56. The highest BCUT2D eigenvalue weighted by Crippen LogP contribution is 2.25. The van der Waals surface area contributed by atoms with Crippen LogP contribution >= 0.6 is 23.2 Å². The van der Waals surface area contributed by atoms with Crippen molar-refractivity contribution in [2.45, 2.75) is 38.8 Å². The molecule has 102 valence electrons. The number of halogens is 2. The van der Waals surface area contributed by atoms with E-state index >= 15 is 0 Å². The van der Waals surface area contributed by atoms with Crippen molar-refractivity contribution in [3.63, 3.8) is 0 Å². The van der Waals surface area contributed by atoms with Crippen LogP contribution in [0.25, 0.3) is 0 Å². The van der Waals surface area contributed by atoms with Gasteiger partial charge in [0.25, 0.3) is 0 Å². The first-order valence-corrected chi connectivity index (χ1v) is 6.91. The zero-order chi connectivity index (χ0) is 13.8. The van der Waals surface area contributed by atoms with E-state index in [4.69, 9.17) is 27.9 Å². The zero-order valence-electron chi connectivity index (χ0n) is 11.4. The molecule has 4 heteroatoms. The number of nitrogens with one attached hydrogen (secondary N) is 1. The van der Waals surface area contributed by atoms with Gasteiger partial charge in [0, 0.05) is 22.7 Å². The minimum atomic E-state index is -0.244. The quantitative estimate of drug-likeness (QED) is 0.857. The van der Waals surface area contributed by atoms with Crippen LogP contribution in [-0.2, 0) is 11.2 Å². The van der Waals surface area contributed by atoms with E-state index < -0.39 is 0 Å². The van der Waals surface area contributed by atoms with Gasteiger partial charge in [0.2, 0.25) is 0 Å². The molecule has 0 aromatic heterocycles. The topological polar surface area (TPSA) is 21.3 Å². The third-order valence-electron chi connectivity index (χ3n) is 3.14. The van der Waals surface area contributed by atoms with E-state index in [0.717, 1.165) is 12.0 Å². The second-order valence-electron chi connectivity index (χ2n) is 4.82. The number of benzene rings is 1. The van der Waals surface area contributed by atoms with E-state index in [1.165, 1.54) is 0 Å². The Morgan fingerprint density at radius 3 is 2.50 bits per heavy atom. The molecule has 0 aliphatic rings. The molecule has 0 bridgehead atoms. The molecule has 2 nitrogen and oxygen atoms in total. The van der Waals surface area contributed by atoms with E-state index in [0.29, 0.717) is 16.7 Å². The summed E-state index contributed by atoms with van der Waals surface area (Å²) in [5.41, 5.74) is 0.833. The summed E-state index contributed by atoms with van der Waals surface area (Å²) in [5, 5.41) is 4.67. The van der Waals surface area contributed by atoms with Crippen LogP contribution in [-0.4, -0.2) is 25.3 Å². The molecule has 1 atom stereocenters. The minimum Gasteiger partial charge on any atom is -0.374 e. The first-order chi connectivity index (χ1) is 8.40. The molecule has 0 saturated heterocycles. The van der Waals surface area contributed by atoms with Gasteiger partial charge < -0.3 is 10.1 Å². The van der Waals surface area contributed by atoms with Crippen LogP contribution < -0.4 is 5.32 Å². The summed E-state index contributed by atoms with van der Waals surface area (Å²) in [4.78, 5) is 0. The molecule has 1 N–H and O–H groups in total. The Hall–Kier alpha value is -0.280. The van der Waals surface area contributed by atoms with Crippen molar-refractivity contribution in [3.05, 3.63) is 33.8 Å². The van der Waals surface area contributed by atoms with Gasteiger partial charge in [-0.05, 0) is 51.9 Å². The van der Waals surface area contributed by atoms with Crippen molar-refractivity contribution in [2.24, 2.45) is 0 Å². The predicted octanol–water partition coefficient (Wildman–Crippen LogP) is 3.94. The fourth-order valence-electron chi connectivity index (χ4n) is 2.08. The molecule has 0 heterocycles. The number of rotatable bonds is 6. The van der Waals surface area contributed by atoms with Gasteiger partial charge in [-0.1, -0.05) is 29.3 Å². The SMILES string of the molecule is CCOC(C)(C)C(Cc1ccc(Cl)cc1Cl)NC. The van der Waals surface area contributed by atoms with Crippen LogP contribution in [0.4, 0.5) is 0 Å². The van der Waals surface area contributed by atoms with Crippen LogP contribution in [0.5, 0.6) is 0 Å².